The van der Waals surface area contributed by atoms with E-state index in [9.17, 15) is 9.59 Å². The van der Waals surface area contributed by atoms with Crippen LogP contribution in [0.15, 0.2) is 12.1 Å². The van der Waals surface area contributed by atoms with E-state index < -0.39 is 5.60 Å². The monoisotopic (exact) mass is 276 g/mol. The molecule has 1 aliphatic rings. The van der Waals surface area contributed by atoms with Crippen LogP contribution in [-0.4, -0.2) is 29.5 Å². The molecule has 2 rings (SSSR count). The number of pyridine rings is 1. The maximum atomic E-state index is 12.2. The third-order valence-corrected chi connectivity index (χ3v) is 3.00. The second-order valence-corrected chi connectivity index (χ2v) is 5.89. The van der Waals surface area contributed by atoms with Crippen molar-refractivity contribution in [2.75, 3.05) is 11.4 Å². The average Bonchev–Trinajstić information content (AvgIpc) is 2.36. The molecule has 1 amide bonds. The average molecular weight is 276 g/mol. The molecule has 0 saturated carbocycles. The zero-order valence-corrected chi connectivity index (χ0v) is 12.2. The Bertz CT molecular complexity index is 520. The standard InChI is InChI=1S/C15H20N2O3/c1-15(2,3)20-14(19)17-9-4-5-11-6-7-12(8-10-18)16-13(11)17/h6-7,10H,4-5,8-9H2,1-3H3. The number of hydrogen-bond donors (Lipinski definition) is 0. The lowest BCUT2D eigenvalue weighted by Crippen LogP contribution is -2.40. The highest BCUT2D eigenvalue weighted by Crippen LogP contribution is 2.27. The lowest BCUT2D eigenvalue weighted by atomic mass is 10.1. The Morgan fingerprint density at radius 2 is 2.20 bits per heavy atom. The molecule has 0 unspecified atom stereocenters. The van der Waals surface area contributed by atoms with Crippen LogP contribution in [0.3, 0.4) is 0 Å². The molecule has 5 heteroatoms. The first-order valence-corrected chi connectivity index (χ1v) is 6.83. The number of aryl methyl sites for hydroxylation is 1. The molecule has 1 aromatic heterocycles. The van der Waals surface area contributed by atoms with Gasteiger partial charge in [0.1, 0.15) is 17.7 Å². The fourth-order valence-electron chi connectivity index (χ4n) is 2.17. The molecule has 0 bridgehead atoms. The topological polar surface area (TPSA) is 59.5 Å². The zero-order valence-electron chi connectivity index (χ0n) is 12.2. The van der Waals surface area contributed by atoms with Gasteiger partial charge in [-0.15, -0.1) is 0 Å². The molecule has 5 nitrogen and oxygen atoms in total. The van der Waals surface area contributed by atoms with E-state index >= 15 is 0 Å². The number of aldehydes is 1. The summed E-state index contributed by atoms with van der Waals surface area (Å²) in [5, 5.41) is 0. The molecular weight excluding hydrogens is 256 g/mol. The zero-order chi connectivity index (χ0) is 14.8. The Balaban J connectivity index is 2.28. The Morgan fingerprint density at radius 3 is 2.85 bits per heavy atom. The van der Waals surface area contributed by atoms with Crippen molar-refractivity contribution in [3.05, 3.63) is 23.4 Å². The van der Waals surface area contributed by atoms with Crippen LogP contribution in [0.5, 0.6) is 0 Å². The minimum atomic E-state index is -0.533. The molecule has 0 saturated heterocycles. The van der Waals surface area contributed by atoms with Crippen molar-refractivity contribution in [1.29, 1.82) is 0 Å². The maximum Gasteiger partial charge on any atom is 0.416 e. The van der Waals surface area contributed by atoms with Crippen LogP contribution in [0.1, 0.15) is 38.4 Å². The van der Waals surface area contributed by atoms with Gasteiger partial charge in [0.25, 0.3) is 0 Å². The molecular formula is C15H20N2O3. The third-order valence-electron chi connectivity index (χ3n) is 3.00. The Labute approximate surface area is 118 Å². The van der Waals surface area contributed by atoms with Crippen LogP contribution < -0.4 is 4.90 Å². The van der Waals surface area contributed by atoms with Gasteiger partial charge in [0, 0.05) is 18.7 Å². The number of aromatic nitrogens is 1. The first-order valence-electron chi connectivity index (χ1n) is 6.83. The fraction of sp³-hybridized carbons (Fsp3) is 0.533. The normalized spacial score (nSPS) is 14.7. The molecule has 0 N–H and O–H groups in total. The van der Waals surface area contributed by atoms with Gasteiger partial charge in [0.05, 0.1) is 0 Å². The van der Waals surface area contributed by atoms with Gasteiger partial charge in [-0.2, -0.15) is 0 Å². The number of carbonyl (C=O) groups is 2. The van der Waals surface area contributed by atoms with Gasteiger partial charge in [-0.05, 0) is 45.2 Å². The summed E-state index contributed by atoms with van der Waals surface area (Å²) >= 11 is 0. The highest BCUT2D eigenvalue weighted by Gasteiger charge is 2.28. The van der Waals surface area contributed by atoms with E-state index in [-0.39, 0.29) is 12.5 Å². The number of fused-ring (bicyclic) bond motifs is 1. The van der Waals surface area contributed by atoms with Crippen molar-refractivity contribution in [3.63, 3.8) is 0 Å². The van der Waals surface area contributed by atoms with Gasteiger partial charge in [-0.1, -0.05) is 6.07 Å². The molecule has 0 spiro atoms. The van der Waals surface area contributed by atoms with Crippen molar-refractivity contribution in [2.24, 2.45) is 0 Å². The van der Waals surface area contributed by atoms with Crippen molar-refractivity contribution < 1.29 is 14.3 Å². The van der Waals surface area contributed by atoms with Gasteiger partial charge < -0.3 is 9.53 Å². The smallest absolute Gasteiger partial charge is 0.416 e. The maximum absolute atomic E-state index is 12.2. The second kappa shape index (κ2) is 5.61. The van der Waals surface area contributed by atoms with E-state index in [0.717, 1.165) is 24.7 Å². The molecule has 0 aliphatic carbocycles. The Morgan fingerprint density at radius 1 is 1.45 bits per heavy atom. The number of amides is 1. The van der Waals surface area contributed by atoms with E-state index in [1.807, 2.05) is 32.9 Å². The molecule has 20 heavy (non-hydrogen) atoms. The fourth-order valence-corrected chi connectivity index (χ4v) is 2.17. The van der Waals surface area contributed by atoms with Crippen molar-refractivity contribution in [2.45, 2.75) is 45.6 Å². The minimum absolute atomic E-state index is 0.259. The third kappa shape index (κ3) is 3.35. The molecule has 0 atom stereocenters. The van der Waals surface area contributed by atoms with Crippen LogP contribution in [-0.2, 0) is 22.4 Å². The molecule has 1 aromatic rings. The predicted molar refractivity (Wildman–Crippen MR) is 75.9 cm³/mol. The molecule has 0 radical (unpaired) electrons. The number of rotatable bonds is 2. The SMILES string of the molecule is CC(C)(C)OC(=O)N1CCCc2ccc(CC=O)nc21. The van der Waals surface area contributed by atoms with E-state index in [2.05, 4.69) is 4.98 Å². The van der Waals surface area contributed by atoms with E-state index in [4.69, 9.17) is 4.74 Å². The largest absolute Gasteiger partial charge is 0.443 e. The summed E-state index contributed by atoms with van der Waals surface area (Å²) in [6.07, 6.45) is 2.48. The molecule has 0 fully saturated rings. The number of anilines is 1. The quantitative estimate of drug-likeness (QED) is 0.779. The summed E-state index contributed by atoms with van der Waals surface area (Å²) in [7, 11) is 0. The first-order chi connectivity index (χ1) is 9.40. The lowest BCUT2D eigenvalue weighted by Gasteiger charge is -2.30. The Hall–Kier alpha value is -1.91. The highest BCUT2D eigenvalue weighted by atomic mass is 16.6. The summed E-state index contributed by atoms with van der Waals surface area (Å²) in [6.45, 7) is 6.11. The van der Waals surface area contributed by atoms with Crippen LogP contribution >= 0.6 is 0 Å². The molecule has 108 valence electrons. The van der Waals surface area contributed by atoms with E-state index in [1.54, 1.807) is 4.90 Å². The number of hydrogen-bond acceptors (Lipinski definition) is 4. The summed E-state index contributed by atoms with van der Waals surface area (Å²) in [5.41, 5.74) is 1.17. The van der Waals surface area contributed by atoms with Gasteiger partial charge in [0.2, 0.25) is 0 Å². The van der Waals surface area contributed by atoms with E-state index in [0.29, 0.717) is 18.1 Å². The molecule has 0 aromatic carbocycles. The van der Waals surface area contributed by atoms with Crippen LogP contribution in [0.25, 0.3) is 0 Å². The summed E-state index contributed by atoms with van der Waals surface area (Å²) in [4.78, 5) is 28.8. The van der Waals surface area contributed by atoms with Gasteiger partial charge in [-0.3, -0.25) is 4.90 Å². The predicted octanol–water partition coefficient (Wildman–Crippen LogP) is 2.51. The van der Waals surface area contributed by atoms with Gasteiger partial charge in [0.15, 0.2) is 0 Å². The number of ether oxygens (including phenoxy) is 1. The number of carbonyl (C=O) groups excluding carboxylic acids is 2. The summed E-state index contributed by atoms with van der Waals surface area (Å²) in [5.74, 6) is 0.629. The summed E-state index contributed by atoms with van der Waals surface area (Å²) in [6, 6.07) is 3.78. The van der Waals surface area contributed by atoms with Gasteiger partial charge >= 0.3 is 6.09 Å². The molecule has 2 heterocycles. The van der Waals surface area contributed by atoms with Crippen molar-refractivity contribution in [3.8, 4) is 0 Å². The number of nitrogens with zero attached hydrogens (tertiary/aromatic N) is 2. The minimum Gasteiger partial charge on any atom is -0.443 e. The van der Waals surface area contributed by atoms with Gasteiger partial charge in [-0.25, -0.2) is 9.78 Å². The van der Waals surface area contributed by atoms with Crippen LogP contribution in [0.2, 0.25) is 0 Å². The van der Waals surface area contributed by atoms with Crippen LogP contribution in [0.4, 0.5) is 10.6 Å². The lowest BCUT2D eigenvalue weighted by molar-refractivity contribution is -0.107. The summed E-state index contributed by atoms with van der Waals surface area (Å²) < 4.78 is 5.41. The molecule has 1 aliphatic heterocycles. The van der Waals surface area contributed by atoms with Crippen molar-refractivity contribution >= 4 is 18.2 Å². The van der Waals surface area contributed by atoms with Crippen LogP contribution in [0, 0.1) is 0 Å². The highest BCUT2D eigenvalue weighted by molar-refractivity contribution is 5.88. The van der Waals surface area contributed by atoms with Crippen molar-refractivity contribution in [1.82, 2.24) is 4.98 Å². The van der Waals surface area contributed by atoms with E-state index in [1.165, 1.54) is 0 Å². The Kier molecular flexibility index (Phi) is 4.06. The second-order valence-electron chi connectivity index (χ2n) is 5.89. The first kappa shape index (κ1) is 14.5.